The van der Waals surface area contributed by atoms with E-state index in [1.54, 1.807) is 6.20 Å². The summed E-state index contributed by atoms with van der Waals surface area (Å²) in [6, 6.07) is 17.4. The maximum absolute atomic E-state index is 12.8. The number of Topliss-reactive ketones (excluding diaryl/α,β-unsaturated/α-hetero) is 2. The van der Waals surface area contributed by atoms with Gasteiger partial charge in [-0.15, -0.1) is 0 Å². The molecule has 0 atom stereocenters. The van der Waals surface area contributed by atoms with Crippen LogP contribution in [-0.4, -0.2) is 21.1 Å². The molecule has 5 nitrogen and oxygen atoms in total. The number of ketones is 2. The van der Waals surface area contributed by atoms with E-state index in [9.17, 15) is 9.59 Å². The highest BCUT2D eigenvalue weighted by atomic mass is 16.1. The number of benzene rings is 2. The molecule has 138 valence electrons. The summed E-state index contributed by atoms with van der Waals surface area (Å²) in [6.07, 6.45) is 4.33. The Hall–Kier alpha value is -3.65. The van der Waals surface area contributed by atoms with Gasteiger partial charge in [-0.05, 0) is 12.1 Å². The number of fused-ring (bicyclic) bond motifs is 2. The SMILES string of the molecule is N#CCCC(=O)c1cn(CCC(=O)c2c[nH]c3ccccc23)c2ccccc12. The molecule has 0 bridgehead atoms. The van der Waals surface area contributed by atoms with E-state index in [2.05, 4.69) is 4.98 Å². The van der Waals surface area contributed by atoms with Gasteiger partial charge in [0.25, 0.3) is 0 Å². The summed E-state index contributed by atoms with van der Waals surface area (Å²) in [5.74, 6) is 0.0204. The van der Waals surface area contributed by atoms with Gasteiger partial charge in [-0.2, -0.15) is 5.26 Å². The molecule has 0 aliphatic rings. The second kappa shape index (κ2) is 7.53. The number of hydrogen-bond acceptors (Lipinski definition) is 3. The van der Waals surface area contributed by atoms with Crippen molar-refractivity contribution in [1.82, 2.24) is 9.55 Å². The lowest BCUT2D eigenvalue weighted by Gasteiger charge is -2.04. The van der Waals surface area contributed by atoms with Crippen molar-refractivity contribution >= 4 is 33.4 Å². The summed E-state index contributed by atoms with van der Waals surface area (Å²) in [6.45, 7) is 0.490. The molecule has 2 aromatic heterocycles. The normalized spacial score (nSPS) is 11.0. The fraction of sp³-hybridized carbons (Fsp3) is 0.174. The topological polar surface area (TPSA) is 78.7 Å². The van der Waals surface area contributed by atoms with E-state index in [-0.39, 0.29) is 24.4 Å². The van der Waals surface area contributed by atoms with Crippen LogP contribution in [0.15, 0.2) is 60.9 Å². The molecule has 2 heterocycles. The third-order valence-electron chi connectivity index (χ3n) is 5.02. The molecule has 5 heteroatoms. The Bertz CT molecular complexity index is 1220. The van der Waals surface area contributed by atoms with Crippen molar-refractivity contribution in [3.05, 3.63) is 72.1 Å². The number of nitrogens with zero attached hydrogens (tertiary/aromatic N) is 2. The number of nitrogens with one attached hydrogen (secondary N) is 1. The van der Waals surface area contributed by atoms with Crippen molar-refractivity contribution in [2.24, 2.45) is 0 Å². The Morgan fingerprint density at radius 1 is 0.929 bits per heavy atom. The molecule has 0 saturated carbocycles. The molecule has 2 aromatic carbocycles. The Balaban J connectivity index is 1.59. The Morgan fingerprint density at radius 2 is 1.64 bits per heavy atom. The lowest BCUT2D eigenvalue weighted by molar-refractivity contribution is 0.0976. The van der Waals surface area contributed by atoms with Crippen LogP contribution in [0.3, 0.4) is 0 Å². The largest absolute Gasteiger partial charge is 0.360 e. The van der Waals surface area contributed by atoms with Gasteiger partial charge in [0.15, 0.2) is 11.6 Å². The summed E-state index contributed by atoms with van der Waals surface area (Å²) < 4.78 is 1.96. The van der Waals surface area contributed by atoms with Gasteiger partial charge in [-0.3, -0.25) is 9.59 Å². The fourth-order valence-electron chi connectivity index (χ4n) is 3.62. The third-order valence-corrected chi connectivity index (χ3v) is 5.02. The molecule has 0 saturated heterocycles. The zero-order valence-electron chi connectivity index (χ0n) is 15.3. The van der Waals surface area contributed by atoms with Crippen molar-refractivity contribution in [3.63, 3.8) is 0 Å². The van der Waals surface area contributed by atoms with Crippen molar-refractivity contribution in [3.8, 4) is 6.07 Å². The first-order valence-electron chi connectivity index (χ1n) is 9.26. The fourth-order valence-corrected chi connectivity index (χ4v) is 3.62. The Labute approximate surface area is 162 Å². The molecule has 0 spiro atoms. The van der Waals surface area contributed by atoms with Crippen molar-refractivity contribution in [2.75, 3.05) is 0 Å². The average molecular weight is 369 g/mol. The smallest absolute Gasteiger partial charge is 0.166 e. The van der Waals surface area contributed by atoms with Crippen LogP contribution in [0, 0.1) is 11.3 Å². The molecule has 28 heavy (non-hydrogen) atoms. The van der Waals surface area contributed by atoms with Crippen molar-refractivity contribution in [1.29, 1.82) is 5.26 Å². The molecule has 0 aliphatic carbocycles. The monoisotopic (exact) mass is 369 g/mol. The highest BCUT2D eigenvalue weighted by Gasteiger charge is 2.16. The number of carbonyl (C=O) groups is 2. The number of rotatable bonds is 7. The van der Waals surface area contributed by atoms with Crippen LogP contribution in [0.4, 0.5) is 0 Å². The van der Waals surface area contributed by atoms with Crippen LogP contribution in [0.1, 0.15) is 40.0 Å². The Morgan fingerprint density at radius 3 is 2.46 bits per heavy atom. The van der Waals surface area contributed by atoms with Gasteiger partial charge in [0, 0.05) is 71.1 Å². The molecular formula is C23H19N3O2. The van der Waals surface area contributed by atoms with E-state index in [4.69, 9.17) is 5.26 Å². The summed E-state index contributed by atoms with van der Waals surface area (Å²) >= 11 is 0. The maximum atomic E-state index is 12.8. The molecule has 0 fully saturated rings. The lowest BCUT2D eigenvalue weighted by atomic mass is 10.1. The maximum Gasteiger partial charge on any atom is 0.166 e. The third kappa shape index (κ3) is 3.21. The second-order valence-corrected chi connectivity index (χ2v) is 6.76. The average Bonchev–Trinajstić information content (AvgIpc) is 3.32. The number of aromatic nitrogens is 2. The van der Waals surface area contributed by atoms with Gasteiger partial charge in [-0.1, -0.05) is 36.4 Å². The number of hydrogen-bond donors (Lipinski definition) is 1. The predicted octanol–water partition coefficient (Wildman–Crippen LogP) is 4.88. The Kier molecular flexibility index (Phi) is 4.77. The van der Waals surface area contributed by atoms with Gasteiger partial charge in [0.2, 0.25) is 0 Å². The van der Waals surface area contributed by atoms with Gasteiger partial charge in [-0.25, -0.2) is 0 Å². The van der Waals surface area contributed by atoms with Crippen LogP contribution >= 0.6 is 0 Å². The quantitative estimate of drug-likeness (QED) is 0.471. The van der Waals surface area contributed by atoms with E-state index >= 15 is 0 Å². The molecule has 0 aliphatic heterocycles. The summed E-state index contributed by atoms with van der Waals surface area (Å²) in [4.78, 5) is 28.4. The van der Waals surface area contributed by atoms with Crippen LogP contribution in [-0.2, 0) is 6.54 Å². The minimum absolute atomic E-state index is 0.0422. The molecule has 0 radical (unpaired) electrons. The minimum atomic E-state index is -0.0422. The standard InChI is InChI=1S/C23H19N3O2/c24-12-5-10-22(27)19-15-26(21-9-4-2-7-17(19)21)13-11-23(28)18-14-25-20-8-3-1-6-16(18)20/h1-4,6-9,14-15,25H,5,10-11,13H2. The zero-order valence-corrected chi connectivity index (χ0v) is 15.3. The number of H-pyrrole nitrogens is 1. The first-order chi connectivity index (χ1) is 13.7. The molecule has 4 rings (SSSR count). The van der Waals surface area contributed by atoms with E-state index in [0.717, 1.165) is 21.8 Å². The van der Waals surface area contributed by atoms with Gasteiger partial charge < -0.3 is 9.55 Å². The first kappa shape index (κ1) is 17.7. The van der Waals surface area contributed by atoms with Crippen molar-refractivity contribution < 1.29 is 9.59 Å². The minimum Gasteiger partial charge on any atom is -0.360 e. The molecule has 0 unspecified atom stereocenters. The highest BCUT2D eigenvalue weighted by molar-refractivity contribution is 6.09. The zero-order chi connectivity index (χ0) is 19.5. The number of aromatic amines is 1. The number of para-hydroxylation sites is 2. The molecule has 0 amide bonds. The molecular weight excluding hydrogens is 350 g/mol. The van der Waals surface area contributed by atoms with Crippen LogP contribution in [0.5, 0.6) is 0 Å². The summed E-state index contributed by atoms with van der Waals surface area (Å²) in [5.41, 5.74) is 3.18. The first-order valence-corrected chi connectivity index (χ1v) is 9.26. The van der Waals surface area contributed by atoms with E-state index < -0.39 is 0 Å². The predicted molar refractivity (Wildman–Crippen MR) is 108 cm³/mol. The number of nitriles is 1. The van der Waals surface area contributed by atoms with E-state index in [1.807, 2.05) is 65.4 Å². The number of carbonyl (C=O) groups excluding carboxylic acids is 2. The molecule has 4 aromatic rings. The van der Waals surface area contributed by atoms with Crippen LogP contribution in [0.25, 0.3) is 21.8 Å². The lowest BCUT2D eigenvalue weighted by Crippen LogP contribution is -2.05. The van der Waals surface area contributed by atoms with Crippen LogP contribution in [0.2, 0.25) is 0 Å². The van der Waals surface area contributed by atoms with Gasteiger partial charge >= 0.3 is 0 Å². The van der Waals surface area contributed by atoms with E-state index in [0.29, 0.717) is 24.1 Å². The summed E-state index contributed by atoms with van der Waals surface area (Å²) in [5, 5.41) is 10.5. The van der Waals surface area contributed by atoms with Crippen molar-refractivity contribution in [2.45, 2.75) is 25.8 Å². The number of aryl methyl sites for hydroxylation is 1. The highest BCUT2D eigenvalue weighted by Crippen LogP contribution is 2.24. The molecule has 1 N–H and O–H groups in total. The van der Waals surface area contributed by atoms with Crippen LogP contribution < -0.4 is 0 Å². The second-order valence-electron chi connectivity index (χ2n) is 6.76. The van der Waals surface area contributed by atoms with Gasteiger partial charge in [0.1, 0.15) is 0 Å². The van der Waals surface area contributed by atoms with E-state index in [1.165, 1.54) is 0 Å². The summed E-state index contributed by atoms with van der Waals surface area (Å²) in [7, 11) is 0. The van der Waals surface area contributed by atoms with Gasteiger partial charge in [0.05, 0.1) is 6.07 Å².